The van der Waals surface area contributed by atoms with Gasteiger partial charge < -0.3 is 19.5 Å². The molecule has 2 amide bonds. The van der Waals surface area contributed by atoms with Crippen LogP contribution in [0.25, 0.3) is 11.0 Å². The van der Waals surface area contributed by atoms with Crippen LogP contribution in [0.5, 0.6) is 0 Å². The summed E-state index contributed by atoms with van der Waals surface area (Å²) in [6.07, 6.45) is 0.517. The number of benzene rings is 2. The molecule has 1 aliphatic heterocycles. The third-order valence-corrected chi connectivity index (χ3v) is 5.31. The molecule has 0 saturated carbocycles. The van der Waals surface area contributed by atoms with Crippen molar-refractivity contribution in [3.63, 3.8) is 0 Å². The van der Waals surface area contributed by atoms with Crippen LogP contribution in [0.15, 0.2) is 59.0 Å². The number of carbonyl (C=O) groups excluding carboxylic acids is 2. The Kier molecular flexibility index (Phi) is 5.74. The summed E-state index contributed by atoms with van der Waals surface area (Å²) in [5, 5.41) is 3.88. The number of fused-ring (bicyclic) bond motifs is 1. The lowest BCUT2D eigenvalue weighted by Crippen LogP contribution is -2.48. The van der Waals surface area contributed by atoms with Crippen molar-refractivity contribution in [3.8, 4) is 0 Å². The fourth-order valence-corrected chi connectivity index (χ4v) is 3.75. The monoisotopic (exact) mass is 405 g/mol. The number of piperazine rings is 1. The van der Waals surface area contributed by atoms with E-state index in [0.29, 0.717) is 31.2 Å². The first-order chi connectivity index (χ1) is 14.5. The molecule has 1 fully saturated rings. The molecule has 4 rings (SSSR count). The van der Waals surface area contributed by atoms with Gasteiger partial charge in [-0.2, -0.15) is 0 Å². The molecule has 6 heteroatoms. The van der Waals surface area contributed by atoms with E-state index in [1.54, 1.807) is 0 Å². The molecule has 1 aromatic heterocycles. The molecule has 6 nitrogen and oxygen atoms in total. The average Bonchev–Trinajstić information content (AvgIpc) is 3.17. The van der Waals surface area contributed by atoms with E-state index in [-0.39, 0.29) is 11.8 Å². The van der Waals surface area contributed by atoms with Crippen molar-refractivity contribution in [2.24, 2.45) is 5.92 Å². The van der Waals surface area contributed by atoms with E-state index < -0.39 is 0 Å². The van der Waals surface area contributed by atoms with Gasteiger partial charge in [-0.1, -0.05) is 32.0 Å². The van der Waals surface area contributed by atoms with Gasteiger partial charge in [-0.3, -0.25) is 9.59 Å². The van der Waals surface area contributed by atoms with Crippen LogP contribution in [0, 0.1) is 5.92 Å². The van der Waals surface area contributed by atoms with Gasteiger partial charge in [0.15, 0.2) is 5.76 Å². The number of nitrogens with zero attached hydrogens (tertiary/aromatic N) is 2. The quantitative estimate of drug-likeness (QED) is 0.684. The van der Waals surface area contributed by atoms with Crippen molar-refractivity contribution in [2.45, 2.75) is 20.3 Å². The van der Waals surface area contributed by atoms with Crippen molar-refractivity contribution >= 4 is 34.2 Å². The highest BCUT2D eigenvalue weighted by Gasteiger charge is 2.24. The topological polar surface area (TPSA) is 65.8 Å². The average molecular weight is 405 g/mol. The van der Waals surface area contributed by atoms with Gasteiger partial charge in [-0.15, -0.1) is 0 Å². The highest BCUT2D eigenvalue weighted by molar-refractivity contribution is 5.96. The molecule has 0 unspecified atom stereocenters. The van der Waals surface area contributed by atoms with Gasteiger partial charge >= 0.3 is 0 Å². The number of rotatable bonds is 5. The minimum atomic E-state index is -0.0611. The van der Waals surface area contributed by atoms with E-state index in [1.807, 2.05) is 73.3 Å². The first kappa shape index (κ1) is 20.0. The lowest BCUT2D eigenvalue weighted by molar-refractivity contribution is -0.116. The molecule has 2 heterocycles. The maximum Gasteiger partial charge on any atom is 0.289 e. The fraction of sp³-hybridized carbons (Fsp3) is 0.333. The Morgan fingerprint density at radius 2 is 1.70 bits per heavy atom. The third-order valence-electron chi connectivity index (χ3n) is 5.31. The van der Waals surface area contributed by atoms with Gasteiger partial charge in [0.25, 0.3) is 5.91 Å². The predicted molar refractivity (Wildman–Crippen MR) is 119 cm³/mol. The van der Waals surface area contributed by atoms with E-state index in [2.05, 4.69) is 10.2 Å². The number of amides is 2. The third kappa shape index (κ3) is 4.48. The zero-order chi connectivity index (χ0) is 21.1. The molecule has 0 radical (unpaired) electrons. The Hall–Kier alpha value is -3.28. The number of anilines is 2. The Morgan fingerprint density at radius 1 is 1.00 bits per heavy atom. The second-order valence-corrected chi connectivity index (χ2v) is 8.12. The molecule has 3 aromatic rings. The normalized spacial score (nSPS) is 14.4. The van der Waals surface area contributed by atoms with Crippen molar-refractivity contribution in [1.29, 1.82) is 0 Å². The van der Waals surface area contributed by atoms with Crippen LogP contribution < -0.4 is 10.2 Å². The van der Waals surface area contributed by atoms with Crippen LogP contribution in [0.4, 0.5) is 11.4 Å². The molecular formula is C24H27N3O3. The predicted octanol–water partition coefficient (Wildman–Crippen LogP) is 4.38. The van der Waals surface area contributed by atoms with Gasteiger partial charge in [-0.25, -0.2) is 0 Å². The molecule has 1 saturated heterocycles. The summed E-state index contributed by atoms with van der Waals surface area (Å²) in [6, 6.07) is 17.4. The summed E-state index contributed by atoms with van der Waals surface area (Å²) in [5.41, 5.74) is 2.64. The minimum Gasteiger partial charge on any atom is -0.451 e. The lowest BCUT2D eigenvalue weighted by Gasteiger charge is -2.35. The van der Waals surface area contributed by atoms with Crippen molar-refractivity contribution in [1.82, 2.24) is 4.90 Å². The molecule has 1 N–H and O–H groups in total. The van der Waals surface area contributed by atoms with Gasteiger partial charge in [-0.05, 0) is 42.3 Å². The van der Waals surface area contributed by atoms with E-state index in [1.165, 1.54) is 0 Å². The summed E-state index contributed by atoms with van der Waals surface area (Å²) in [6.45, 7) is 6.85. The Labute approximate surface area is 176 Å². The maximum absolute atomic E-state index is 12.8. The first-order valence-corrected chi connectivity index (χ1v) is 10.4. The van der Waals surface area contributed by atoms with Crippen LogP contribution in [0.3, 0.4) is 0 Å². The van der Waals surface area contributed by atoms with Gasteiger partial charge in [0.05, 0.1) is 0 Å². The molecule has 2 aromatic carbocycles. The minimum absolute atomic E-state index is 0.0375. The SMILES string of the molecule is CC(C)CC(=O)Nc1ccc(N2CCN(C(=O)c3cc4ccccc4o3)CC2)cc1. The second-order valence-electron chi connectivity index (χ2n) is 8.12. The number of hydrogen-bond donors (Lipinski definition) is 1. The Bertz CT molecular complexity index is 998. The van der Waals surface area contributed by atoms with Crippen molar-refractivity contribution in [3.05, 3.63) is 60.4 Å². The highest BCUT2D eigenvalue weighted by atomic mass is 16.3. The summed E-state index contributed by atoms with van der Waals surface area (Å²) in [5.74, 6) is 0.707. The molecule has 0 atom stereocenters. The standard InChI is InChI=1S/C24H27N3O3/c1-17(2)15-23(28)25-19-7-9-20(10-8-19)26-11-13-27(14-12-26)24(29)22-16-18-5-3-4-6-21(18)30-22/h3-10,16-17H,11-15H2,1-2H3,(H,25,28). The van der Waals surface area contributed by atoms with E-state index >= 15 is 0 Å². The Morgan fingerprint density at radius 3 is 2.37 bits per heavy atom. The van der Waals surface area contributed by atoms with Gasteiger partial charge in [0.2, 0.25) is 5.91 Å². The number of nitrogens with one attached hydrogen (secondary N) is 1. The molecule has 0 bridgehead atoms. The largest absolute Gasteiger partial charge is 0.451 e. The summed E-state index contributed by atoms with van der Waals surface area (Å²) >= 11 is 0. The smallest absolute Gasteiger partial charge is 0.289 e. The number of para-hydroxylation sites is 1. The van der Waals surface area contributed by atoms with Gasteiger partial charge in [0, 0.05) is 49.4 Å². The van der Waals surface area contributed by atoms with Crippen LogP contribution in [0.1, 0.15) is 30.8 Å². The summed E-state index contributed by atoms with van der Waals surface area (Å²) < 4.78 is 5.72. The van der Waals surface area contributed by atoms with Crippen LogP contribution in [-0.2, 0) is 4.79 Å². The molecule has 0 spiro atoms. The maximum atomic E-state index is 12.8. The number of furan rings is 1. The Balaban J connectivity index is 1.33. The molecular weight excluding hydrogens is 378 g/mol. The van der Waals surface area contributed by atoms with Crippen LogP contribution in [-0.4, -0.2) is 42.9 Å². The van der Waals surface area contributed by atoms with Gasteiger partial charge in [0.1, 0.15) is 5.58 Å². The lowest BCUT2D eigenvalue weighted by atomic mass is 10.1. The zero-order valence-electron chi connectivity index (χ0n) is 17.4. The molecule has 0 aliphatic carbocycles. The molecule has 30 heavy (non-hydrogen) atoms. The van der Waals surface area contributed by atoms with Crippen LogP contribution >= 0.6 is 0 Å². The molecule has 1 aliphatic rings. The van der Waals surface area contributed by atoms with E-state index in [4.69, 9.17) is 4.42 Å². The van der Waals surface area contributed by atoms with Crippen LogP contribution in [0.2, 0.25) is 0 Å². The second kappa shape index (κ2) is 8.61. The number of hydrogen-bond acceptors (Lipinski definition) is 4. The zero-order valence-corrected chi connectivity index (χ0v) is 17.4. The summed E-state index contributed by atoms with van der Waals surface area (Å²) in [7, 11) is 0. The highest BCUT2D eigenvalue weighted by Crippen LogP contribution is 2.23. The van der Waals surface area contributed by atoms with Crippen molar-refractivity contribution < 1.29 is 14.0 Å². The van der Waals surface area contributed by atoms with E-state index in [9.17, 15) is 9.59 Å². The molecule has 156 valence electrons. The van der Waals surface area contributed by atoms with E-state index in [0.717, 1.165) is 35.4 Å². The fourth-order valence-electron chi connectivity index (χ4n) is 3.75. The number of carbonyl (C=O) groups is 2. The summed E-state index contributed by atoms with van der Waals surface area (Å²) in [4.78, 5) is 28.8. The van der Waals surface area contributed by atoms with Crippen molar-refractivity contribution in [2.75, 3.05) is 36.4 Å². The first-order valence-electron chi connectivity index (χ1n) is 10.4.